The molecule has 0 spiro atoms. The fourth-order valence-corrected chi connectivity index (χ4v) is 2.31. The number of anilines is 1. The van der Waals surface area contributed by atoms with E-state index < -0.39 is 5.97 Å². The molecule has 2 rings (SSSR count). The second-order valence-corrected chi connectivity index (χ2v) is 4.68. The van der Waals surface area contributed by atoms with E-state index in [4.69, 9.17) is 0 Å². The number of nitrogens with zero attached hydrogens (tertiary/aromatic N) is 3. The first kappa shape index (κ1) is 13.4. The first-order chi connectivity index (χ1) is 9.24. The fourth-order valence-electron chi connectivity index (χ4n) is 1.54. The molecule has 19 heavy (non-hydrogen) atoms. The monoisotopic (exact) mass is 278 g/mol. The van der Waals surface area contributed by atoms with Crippen LogP contribution in [-0.4, -0.2) is 28.0 Å². The molecule has 100 valence electrons. The molecule has 0 saturated carbocycles. The highest BCUT2D eigenvalue weighted by Gasteiger charge is 2.13. The Kier molecular flexibility index (Phi) is 4.40. The second kappa shape index (κ2) is 6.24. The van der Waals surface area contributed by atoms with Crippen LogP contribution < -0.4 is 5.32 Å². The normalized spacial score (nSPS) is 11.9. The standard InChI is InChI=1S/C12H14N4O2S/c1-3-8(11-13-4-5-19-11)16-10-7-14-9(6-15-10)12(17)18-2/h4-8H,3H2,1-2H3,(H,15,16). The van der Waals surface area contributed by atoms with Crippen molar-refractivity contribution in [1.82, 2.24) is 15.0 Å². The number of methoxy groups -OCH3 is 1. The molecule has 1 unspecified atom stereocenters. The summed E-state index contributed by atoms with van der Waals surface area (Å²) in [7, 11) is 1.31. The Hall–Kier alpha value is -2.02. The highest BCUT2D eigenvalue weighted by molar-refractivity contribution is 7.09. The van der Waals surface area contributed by atoms with Gasteiger partial charge in [-0.3, -0.25) is 0 Å². The summed E-state index contributed by atoms with van der Waals surface area (Å²) in [6, 6.07) is 0.0956. The van der Waals surface area contributed by atoms with Gasteiger partial charge < -0.3 is 10.1 Å². The molecular formula is C12H14N4O2S. The smallest absolute Gasteiger partial charge is 0.358 e. The van der Waals surface area contributed by atoms with E-state index in [1.165, 1.54) is 19.5 Å². The average Bonchev–Trinajstić information content (AvgIpc) is 2.98. The van der Waals surface area contributed by atoms with Crippen molar-refractivity contribution in [2.75, 3.05) is 12.4 Å². The number of nitrogens with one attached hydrogen (secondary N) is 1. The van der Waals surface area contributed by atoms with Crippen molar-refractivity contribution >= 4 is 23.1 Å². The van der Waals surface area contributed by atoms with Gasteiger partial charge in [-0.15, -0.1) is 11.3 Å². The lowest BCUT2D eigenvalue weighted by atomic mass is 10.2. The second-order valence-electron chi connectivity index (χ2n) is 3.75. The molecule has 0 amide bonds. The van der Waals surface area contributed by atoms with Crippen LogP contribution in [0.3, 0.4) is 0 Å². The van der Waals surface area contributed by atoms with E-state index in [0.717, 1.165) is 11.4 Å². The van der Waals surface area contributed by atoms with Crippen LogP contribution in [-0.2, 0) is 4.74 Å². The first-order valence-electron chi connectivity index (χ1n) is 5.81. The molecule has 0 aliphatic carbocycles. The number of rotatable bonds is 5. The Labute approximate surface area is 114 Å². The lowest BCUT2D eigenvalue weighted by Gasteiger charge is -2.14. The van der Waals surface area contributed by atoms with E-state index in [1.807, 2.05) is 5.38 Å². The van der Waals surface area contributed by atoms with E-state index in [0.29, 0.717) is 5.82 Å². The van der Waals surface area contributed by atoms with Gasteiger partial charge in [0.05, 0.1) is 25.5 Å². The quantitative estimate of drug-likeness (QED) is 0.845. The molecule has 0 fully saturated rings. The molecule has 0 radical (unpaired) electrons. The molecule has 0 aromatic carbocycles. The van der Waals surface area contributed by atoms with Crippen LogP contribution in [0.25, 0.3) is 0 Å². The first-order valence-corrected chi connectivity index (χ1v) is 6.68. The van der Waals surface area contributed by atoms with Gasteiger partial charge in [-0.05, 0) is 6.42 Å². The van der Waals surface area contributed by atoms with Crippen molar-refractivity contribution in [2.45, 2.75) is 19.4 Å². The van der Waals surface area contributed by atoms with Crippen molar-refractivity contribution in [3.05, 3.63) is 34.7 Å². The number of hydrogen-bond acceptors (Lipinski definition) is 7. The number of thiazole rings is 1. The summed E-state index contributed by atoms with van der Waals surface area (Å²) < 4.78 is 4.57. The maximum Gasteiger partial charge on any atom is 0.358 e. The summed E-state index contributed by atoms with van der Waals surface area (Å²) >= 11 is 1.59. The van der Waals surface area contributed by atoms with Gasteiger partial charge in [-0.25, -0.2) is 19.7 Å². The van der Waals surface area contributed by atoms with Crippen molar-refractivity contribution in [2.24, 2.45) is 0 Å². The predicted octanol–water partition coefficient (Wildman–Crippen LogP) is 2.28. The van der Waals surface area contributed by atoms with Crippen LogP contribution in [0.4, 0.5) is 5.82 Å². The molecule has 2 heterocycles. The van der Waals surface area contributed by atoms with Gasteiger partial charge in [0.2, 0.25) is 0 Å². The van der Waals surface area contributed by atoms with Crippen molar-refractivity contribution in [3.63, 3.8) is 0 Å². The Morgan fingerprint density at radius 3 is 2.79 bits per heavy atom. The van der Waals surface area contributed by atoms with E-state index in [2.05, 4.69) is 31.9 Å². The van der Waals surface area contributed by atoms with Crippen LogP contribution in [0.15, 0.2) is 24.0 Å². The zero-order valence-electron chi connectivity index (χ0n) is 10.7. The van der Waals surface area contributed by atoms with Gasteiger partial charge >= 0.3 is 5.97 Å². The minimum absolute atomic E-state index is 0.0956. The minimum Gasteiger partial charge on any atom is -0.464 e. The van der Waals surface area contributed by atoms with Crippen LogP contribution in [0.2, 0.25) is 0 Å². The van der Waals surface area contributed by atoms with Gasteiger partial charge in [0.25, 0.3) is 0 Å². The Balaban J connectivity index is 2.08. The minimum atomic E-state index is -0.494. The zero-order chi connectivity index (χ0) is 13.7. The molecule has 0 bridgehead atoms. The highest BCUT2D eigenvalue weighted by atomic mass is 32.1. The summed E-state index contributed by atoms with van der Waals surface area (Å²) in [6.45, 7) is 2.06. The summed E-state index contributed by atoms with van der Waals surface area (Å²) in [5.74, 6) is 0.112. The maximum absolute atomic E-state index is 11.2. The van der Waals surface area contributed by atoms with Gasteiger partial charge in [0.1, 0.15) is 10.8 Å². The Morgan fingerprint density at radius 2 is 2.26 bits per heavy atom. The van der Waals surface area contributed by atoms with Gasteiger partial charge in [-0.2, -0.15) is 0 Å². The van der Waals surface area contributed by atoms with Gasteiger partial charge in [0.15, 0.2) is 5.69 Å². The number of ether oxygens (including phenoxy) is 1. The van der Waals surface area contributed by atoms with E-state index >= 15 is 0 Å². The lowest BCUT2D eigenvalue weighted by molar-refractivity contribution is 0.0593. The van der Waals surface area contributed by atoms with Crippen LogP contribution in [0.5, 0.6) is 0 Å². The number of carbonyl (C=O) groups is 1. The zero-order valence-corrected chi connectivity index (χ0v) is 11.5. The predicted molar refractivity (Wildman–Crippen MR) is 72.1 cm³/mol. The topological polar surface area (TPSA) is 77.0 Å². The van der Waals surface area contributed by atoms with Crippen molar-refractivity contribution in [3.8, 4) is 0 Å². The number of carbonyl (C=O) groups excluding carboxylic acids is 1. The molecule has 1 atom stereocenters. The molecule has 2 aromatic rings. The van der Waals surface area contributed by atoms with Gasteiger partial charge in [-0.1, -0.05) is 6.92 Å². The lowest BCUT2D eigenvalue weighted by Crippen LogP contribution is -2.12. The SMILES string of the molecule is CCC(Nc1cnc(C(=O)OC)cn1)c1nccs1. The third-order valence-corrected chi connectivity index (χ3v) is 3.42. The summed E-state index contributed by atoms with van der Waals surface area (Å²) in [4.78, 5) is 23.7. The van der Waals surface area contributed by atoms with Gasteiger partial charge in [0, 0.05) is 11.6 Å². The van der Waals surface area contributed by atoms with Crippen LogP contribution in [0.1, 0.15) is 34.9 Å². The fraction of sp³-hybridized carbons (Fsp3) is 0.333. The third-order valence-electron chi connectivity index (χ3n) is 2.53. The molecule has 7 heteroatoms. The molecular weight excluding hydrogens is 264 g/mol. The van der Waals surface area contributed by atoms with Crippen LogP contribution in [0, 0.1) is 0 Å². The third kappa shape index (κ3) is 3.25. The largest absolute Gasteiger partial charge is 0.464 e. The van der Waals surface area contributed by atoms with E-state index in [-0.39, 0.29) is 11.7 Å². The molecule has 0 aliphatic heterocycles. The Bertz CT molecular complexity index is 527. The molecule has 0 saturated heterocycles. The number of esters is 1. The highest BCUT2D eigenvalue weighted by Crippen LogP contribution is 2.22. The summed E-state index contributed by atoms with van der Waals surface area (Å²) in [5, 5.41) is 6.17. The summed E-state index contributed by atoms with van der Waals surface area (Å²) in [6.07, 6.45) is 5.57. The molecule has 0 aliphatic rings. The van der Waals surface area contributed by atoms with E-state index in [9.17, 15) is 4.79 Å². The van der Waals surface area contributed by atoms with Crippen LogP contribution >= 0.6 is 11.3 Å². The average molecular weight is 278 g/mol. The molecule has 2 aromatic heterocycles. The Morgan fingerprint density at radius 1 is 1.42 bits per heavy atom. The molecule has 6 nitrogen and oxygen atoms in total. The van der Waals surface area contributed by atoms with Crippen molar-refractivity contribution < 1.29 is 9.53 Å². The maximum atomic E-state index is 11.2. The number of aromatic nitrogens is 3. The summed E-state index contributed by atoms with van der Waals surface area (Å²) in [5.41, 5.74) is 0.190. The number of hydrogen-bond donors (Lipinski definition) is 1. The van der Waals surface area contributed by atoms with E-state index in [1.54, 1.807) is 17.5 Å². The molecule has 1 N–H and O–H groups in total. The van der Waals surface area contributed by atoms with Crippen molar-refractivity contribution in [1.29, 1.82) is 0 Å².